The molecule has 0 radical (unpaired) electrons. The summed E-state index contributed by atoms with van der Waals surface area (Å²) >= 11 is 0. The molecule has 0 spiro atoms. The quantitative estimate of drug-likeness (QED) is 0.599. The molecule has 0 unspecified atom stereocenters. The molecule has 2 aromatic carbocycles. The van der Waals surface area contributed by atoms with Gasteiger partial charge in [-0.2, -0.15) is 0 Å². The Labute approximate surface area is 136 Å². The number of benzene rings is 2. The van der Waals surface area contributed by atoms with Gasteiger partial charge in [0, 0.05) is 17.3 Å². The molecule has 1 aromatic heterocycles. The standard InChI is InChI=1S/C21H20N2/c1-15-11-12-20-18(13-15)21(17-9-5-6-10-19(17)23-20)22-14-16-7-3-2-4-8-16/h2-4,7-8,11-14H,5-6,9-10H2,1H3. The topological polar surface area (TPSA) is 25.2 Å². The highest BCUT2D eigenvalue weighted by atomic mass is 14.8. The van der Waals surface area contributed by atoms with Gasteiger partial charge >= 0.3 is 0 Å². The van der Waals surface area contributed by atoms with Crippen LogP contribution in [-0.4, -0.2) is 11.2 Å². The first-order chi connectivity index (χ1) is 11.3. The first-order valence-electron chi connectivity index (χ1n) is 8.32. The van der Waals surface area contributed by atoms with Crippen molar-refractivity contribution in [1.82, 2.24) is 4.98 Å². The summed E-state index contributed by atoms with van der Waals surface area (Å²) in [5.41, 5.74) is 7.17. The number of rotatable bonds is 2. The fourth-order valence-corrected chi connectivity index (χ4v) is 3.34. The summed E-state index contributed by atoms with van der Waals surface area (Å²) in [6, 6.07) is 16.8. The van der Waals surface area contributed by atoms with Crippen LogP contribution in [0.4, 0.5) is 5.69 Å². The fourth-order valence-electron chi connectivity index (χ4n) is 3.34. The lowest BCUT2D eigenvalue weighted by atomic mass is 9.92. The van der Waals surface area contributed by atoms with Crippen molar-refractivity contribution in [3.05, 3.63) is 70.9 Å². The van der Waals surface area contributed by atoms with Crippen molar-refractivity contribution in [2.24, 2.45) is 4.99 Å². The van der Waals surface area contributed by atoms with Gasteiger partial charge in [0.25, 0.3) is 0 Å². The molecular weight excluding hydrogens is 280 g/mol. The third kappa shape index (κ3) is 2.77. The zero-order chi connectivity index (χ0) is 15.6. The Kier molecular flexibility index (Phi) is 3.66. The number of hydrogen-bond donors (Lipinski definition) is 0. The summed E-state index contributed by atoms with van der Waals surface area (Å²) < 4.78 is 0. The minimum Gasteiger partial charge on any atom is -0.255 e. The SMILES string of the molecule is Cc1ccc2nc3c(c(N=Cc4ccccc4)c2c1)CCCC3. The van der Waals surface area contributed by atoms with Crippen molar-refractivity contribution in [2.75, 3.05) is 0 Å². The van der Waals surface area contributed by atoms with Gasteiger partial charge < -0.3 is 0 Å². The predicted molar refractivity (Wildman–Crippen MR) is 96.8 cm³/mol. The van der Waals surface area contributed by atoms with Gasteiger partial charge in [0.1, 0.15) is 0 Å². The van der Waals surface area contributed by atoms with E-state index in [-0.39, 0.29) is 0 Å². The maximum atomic E-state index is 4.90. The fraction of sp³-hybridized carbons (Fsp3) is 0.238. The lowest BCUT2D eigenvalue weighted by molar-refractivity contribution is 0.672. The van der Waals surface area contributed by atoms with Crippen LogP contribution in [0.5, 0.6) is 0 Å². The van der Waals surface area contributed by atoms with Crippen LogP contribution in [0, 0.1) is 6.92 Å². The lowest BCUT2D eigenvalue weighted by Gasteiger charge is -2.18. The van der Waals surface area contributed by atoms with E-state index in [1.807, 2.05) is 24.4 Å². The average Bonchev–Trinajstić information content (AvgIpc) is 2.60. The van der Waals surface area contributed by atoms with Crippen molar-refractivity contribution in [1.29, 1.82) is 0 Å². The molecule has 0 saturated heterocycles. The molecule has 1 heterocycles. The van der Waals surface area contributed by atoms with Gasteiger partial charge in [-0.05, 0) is 55.9 Å². The van der Waals surface area contributed by atoms with Crippen LogP contribution in [0.25, 0.3) is 10.9 Å². The third-order valence-electron chi connectivity index (χ3n) is 4.53. The van der Waals surface area contributed by atoms with Gasteiger partial charge in [-0.3, -0.25) is 9.98 Å². The largest absolute Gasteiger partial charge is 0.255 e. The summed E-state index contributed by atoms with van der Waals surface area (Å²) in [4.78, 5) is 9.79. The van der Waals surface area contributed by atoms with Crippen molar-refractivity contribution >= 4 is 22.8 Å². The van der Waals surface area contributed by atoms with E-state index in [2.05, 4.69) is 37.3 Å². The maximum absolute atomic E-state index is 4.90. The molecule has 0 fully saturated rings. The van der Waals surface area contributed by atoms with Crippen LogP contribution in [0.3, 0.4) is 0 Å². The van der Waals surface area contributed by atoms with Crippen molar-refractivity contribution in [2.45, 2.75) is 32.6 Å². The van der Waals surface area contributed by atoms with E-state index in [9.17, 15) is 0 Å². The minimum absolute atomic E-state index is 1.07. The molecule has 1 aliphatic carbocycles. The molecule has 114 valence electrons. The van der Waals surface area contributed by atoms with Crippen molar-refractivity contribution in [3.8, 4) is 0 Å². The Bertz CT molecular complexity index is 879. The molecule has 3 aromatic rings. The highest BCUT2D eigenvalue weighted by Gasteiger charge is 2.17. The van der Waals surface area contributed by atoms with Crippen molar-refractivity contribution in [3.63, 3.8) is 0 Å². The van der Waals surface area contributed by atoms with E-state index in [0.29, 0.717) is 0 Å². The predicted octanol–water partition coefficient (Wildman–Crippen LogP) is 5.17. The van der Waals surface area contributed by atoms with E-state index in [1.54, 1.807) is 0 Å². The van der Waals surface area contributed by atoms with Crippen LogP contribution >= 0.6 is 0 Å². The van der Waals surface area contributed by atoms with Gasteiger partial charge in [-0.15, -0.1) is 0 Å². The van der Waals surface area contributed by atoms with Crippen LogP contribution in [0.1, 0.15) is 35.2 Å². The van der Waals surface area contributed by atoms with Gasteiger partial charge in [0.15, 0.2) is 0 Å². The van der Waals surface area contributed by atoms with E-state index in [1.165, 1.54) is 35.0 Å². The summed E-state index contributed by atoms with van der Waals surface area (Å²) in [5, 5.41) is 1.18. The van der Waals surface area contributed by atoms with Crippen LogP contribution in [-0.2, 0) is 12.8 Å². The molecule has 0 aliphatic heterocycles. The summed E-state index contributed by atoms with van der Waals surface area (Å²) in [6.07, 6.45) is 6.62. The average molecular weight is 300 g/mol. The maximum Gasteiger partial charge on any atom is 0.0774 e. The Morgan fingerprint density at radius 3 is 2.70 bits per heavy atom. The molecule has 0 bridgehead atoms. The first kappa shape index (κ1) is 14.1. The first-order valence-corrected chi connectivity index (χ1v) is 8.32. The molecule has 2 nitrogen and oxygen atoms in total. The lowest BCUT2D eigenvalue weighted by Crippen LogP contribution is -2.06. The zero-order valence-electron chi connectivity index (χ0n) is 13.4. The molecule has 0 amide bonds. The molecule has 0 atom stereocenters. The normalized spacial score (nSPS) is 14.3. The summed E-state index contributed by atoms with van der Waals surface area (Å²) in [7, 11) is 0. The molecular formula is C21H20N2. The van der Waals surface area contributed by atoms with E-state index in [0.717, 1.165) is 29.6 Å². The zero-order valence-corrected chi connectivity index (χ0v) is 13.4. The summed E-state index contributed by atoms with van der Waals surface area (Å²) in [6.45, 7) is 2.13. The Hall–Kier alpha value is -2.48. The minimum atomic E-state index is 1.07. The highest BCUT2D eigenvalue weighted by Crippen LogP contribution is 2.35. The van der Waals surface area contributed by atoms with E-state index < -0.39 is 0 Å². The highest BCUT2D eigenvalue weighted by molar-refractivity contribution is 5.95. The molecule has 1 aliphatic rings. The van der Waals surface area contributed by atoms with Crippen LogP contribution in [0.2, 0.25) is 0 Å². The van der Waals surface area contributed by atoms with Gasteiger partial charge in [-0.1, -0.05) is 42.0 Å². The molecule has 0 N–H and O–H groups in total. The number of fused-ring (bicyclic) bond motifs is 2. The second-order valence-electron chi connectivity index (χ2n) is 6.28. The number of aromatic nitrogens is 1. The van der Waals surface area contributed by atoms with Crippen LogP contribution < -0.4 is 0 Å². The summed E-state index contributed by atoms with van der Waals surface area (Å²) in [5.74, 6) is 0. The molecule has 0 saturated carbocycles. The molecule has 4 rings (SSSR count). The van der Waals surface area contributed by atoms with E-state index in [4.69, 9.17) is 9.98 Å². The van der Waals surface area contributed by atoms with Crippen LogP contribution in [0.15, 0.2) is 53.5 Å². The van der Waals surface area contributed by atoms with E-state index >= 15 is 0 Å². The Morgan fingerprint density at radius 1 is 1.00 bits per heavy atom. The van der Waals surface area contributed by atoms with Gasteiger partial charge in [0.2, 0.25) is 0 Å². The number of aliphatic imine (C=N–C) groups is 1. The number of pyridine rings is 1. The van der Waals surface area contributed by atoms with Crippen molar-refractivity contribution < 1.29 is 0 Å². The monoisotopic (exact) mass is 300 g/mol. The second kappa shape index (κ2) is 5.96. The second-order valence-corrected chi connectivity index (χ2v) is 6.28. The molecule has 23 heavy (non-hydrogen) atoms. The Balaban J connectivity index is 1.91. The Morgan fingerprint density at radius 2 is 1.83 bits per heavy atom. The number of hydrogen-bond acceptors (Lipinski definition) is 2. The van der Waals surface area contributed by atoms with Gasteiger partial charge in [0.05, 0.1) is 11.2 Å². The smallest absolute Gasteiger partial charge is 0.0774 e. The number of nitrogens with zero attached hydrogens (tertiary/aromatic N) is 2. The number of aryl methyl sites for hydroxylation is 2. The van der Waals surface area contributed by atoms with Gasteiger partial charge in [-0.25, -0.2) is 0 Å². The third-order valence-corrected chi connectivity index (χ3v) is 4.53. The molecule has 2 heteroatoms.